The van der Waals surface area contributed by atoms with Crippen LogP contribution in [0.15, 0.2) is 10.6 Å². The molecule has 2 bridgehead atoms. The topological polar surface area (TPSA) is 117 Å². The summed E-state index contributed by atoms with van der Waals surface area (Å²) in [5.74, 6) is 0.608. The summed E-state index contributed by atoms with van der Waals surface area (Å²) >= 11 is 0. The molecule has 2 unspecified atom stereocenters. The van der Waals surface area contributed by atoms with Crippen LogP contribution in [-0.2, 0) is 14.9 Å². The predicted molar refractivity (Wildman–Crippen MR) is 110 cm³/mol. The van der Waals surface area contributed by atoms with Crippen molar-refractivity contribution in [3.8, 4) is 0 Å². The fourth-order valence-corrected chi connectivity index (χ4v) is 8.03. The van der Waals surface area contributed by atoms with Crippen LogP contribution in [0.5, 0.6) is 0 Å². The summed E-state index contributed by atoms with van der Waals surface area (Å²) in [6.07, 6.45) is 3.93. The molecule has 5 aliphatic heterocycles. The number of nitrogens with one attached hydrogen (secondary N) is 2. The zero-order valence-corrected chi connectivity index (χ0v) is 18.3. The first-order chi connectivity index (χ1) is 14.9. The minimum atomic E-state index is -3.46. The molecule has 0 aliphatic carbocycles. The largest absolute Gasteiger partial charge is 0.380 e. The summed E-state index contributed by atoms with van der Waals surface area (Å²) < 4.78 is 40.8. The van der Waals surface area contributed by atoms with Gasteiger partial charge in [0.2, 0.25) is 0 Å². The van der Waals surface area contributed by atoms with E-state index >= 15 is 0 Å². The minimum absolute atomic E-state index is 0.0508. The Balaban J connectivity index is 1.10. The molecule has 2 atom stereocenters. The summed E-state index contributed by atoms with van der Waals surface area (Å²) in [6.45, 7) is 4.26. The van der Waals surface area contributed by atoms with Crippen LogP contribution >= 0.6 is 0 Å². The van der Waals surface area contributed by atoms with Crippen LogP contribution in [0, 0.1) is 5.41 Å². The molecule has 1 aromatic heterocycles. The van der Waals surface area contributed by atoms with Crippen molar-refractivity contribution in [2.24, 2.45) is 5.41 Å². The van der Waals surface area contributed by atoms with Gasteiger partial charge in [-0.1, -0.05) is 5.16 Å². The smallest absolute Gasteiger partial charge is 0.282 e. The van der Waals surface area contributed by atoms with Crippen LogP contribution in [0.25, 0.3) is 0 Å². The summed E-state index contributed by atoms with van der Waals surface area (Å²) in [7, 11) is -3.46. The van der Waals surface area contributed by atoms with Gasteiger partial charge < -0.3 is 19.9 Å². The Morgan fingerprint density at radius 2 is 1.97 bits per heavy atom. The van der Waals surface area contributed by atoms with Crippen molar-refractivity contribution in [2.45, 2.75) is 56.1 Å². The normalized spacial score (nSPS) is 33.4. The molecule has 0 aromatic carbocycles. The number of piperidine rings is 1. The van der Waals surface area contributed by atoms with Gasteiger partial charge in [-0.25, -0.2) is 0 Å². The molecule has 5 fully saturated rings. The number of hydrogen-bond donors (Lipinski definition) is 2. The van der Waals surface area contributed by atoms with Gasteiger partial charge in [-0.15, -0.1) is 0 Å². The van der Waals surface area contributed by atoms with Crippen molar-refractivity contribution < 1.29 is 22.5 Å². The number of carbonyl (C=O) groups excluding carboxylic acids is 1. The first kappa shape index (κ1) is 20.1. The van der Waals surface area contributed by atoms with E-state index in [1.54, 1.807) is 14.7 Å². The number of ether oxygens (including phenoxy) is 1. The van der Waals surface area contributed by atoms with Gasteiger partial charge in [0.05, 0.1) is 19.1 Å². The number of fused-ring (bicyclic) bond motifs is 2. The summed E-state index contributed by atoms with van der Waals surface area (Å²) in [6, 6.07) is 1.54. The molecular weight excluding hydrogens is 422 g/mol. The maximum Gasteiger partial charge on any atom is 0.282 e. The molecular formula is C20H29N5O5S. The summed E-state index contributed by atoms with van der Waals surface area (Å²) in [5, 5.41) is 10.3. The van der Waals surface area contributed by atoms with E-state index in [0.717, 1.165) is 32.4 Å². The molecule has 5 saturated heterocycles. The average Bonchev–Trinajstić information content (AvgIpc) is 3.37. The van der Waals surface area contributed by atoms with Gasteiger partial charge in [-0.3, -0.25) is 4.79 Å². The highest BCUT2D eigenvalue weighted by atomic mass is 32.2. The van der Waals surface area contributed by atoms with Gasteiger partial charge >= 0.3 is 0 Å². The molecule has 1 spiro atoms. The van der Waals surface area contributed by atoms with Crippen LogP contribution in [0.3, 0.4) is 0 Å². The van der Waals surface area contributed by atoms with E-state index in [4.69, 9.17) is 9.26 Å². The molecule has 31 heavy (non-hydrogen) atoms. The minimum Gasteiger partial charge on any atom is -0.380 e. The molecule has 0 saturated carbocycles. The van der Waals surface area contributed by atoms with E-state index < -0.39 is 10.2 Å². The van der Waals surface area contributed by atoms with Crippen molar-refractivity contribution >= 4 is 16.1 Å². The van der Waals surface area contributed by atoms with E-state index in [-0.39, 0.29) is 41.1 Å². The first-order valence-corrected chi connectivity index (χ1v) is 12.7. The maximum atomic E-state index is 13.4. The highest BCUT2D eigenvalue weighted by Crippen LogP contribution is 2.42. The van der Waals surface area contributed by atoms with Crippen LogP contribution in [0.2, 0.25) is 0 Å². The molecule has 170 valence electrons. The molecule has 11 heteroatoms. The standard InChI is InChI=1S/C20H29N5O5S/c26-19(17-7-18(30-23-17)13-8-29-9-13)22-14-5-15-1-2-16(6-14)25(15)31(27,28)24-4-3-20(12-24)10-21-11-20/h7,13-16,21H,1-6,8-12H2,(H,22,26). The van der Waals surface area contributed by atoms with Gasteiger partial charge in [0, 0.05) is 55.8 Å². The van der Waals surface area contributed by atoms with Crippen LogP contribution < -0.4 is 10.6 Å². The lowest BCUT2D eigenvalue weighted by atomic mass is 9.81. The third-order valence-corrected chi connectivity index (χ3v) is 9.89. The van der Waals surface area contributed by atoms with Gasteiger partial charge in [0.25, 0.3) is 16.1 Å². The van der Waals surface area contributed by atoms with Crippen molar-refractivity contribution in [1.82, 2.24) is 24.4 Å². The highest BCUT2D eigenvalue weighted by Gasteiger charge is 2.53. The van der Waals surface area contributed by atoms with E-state index in [9.17, 15) is 13.2 Å². The second kappa shape index (κ2) is 7.24. The Bertz CT molecular complexity index is 958. The molecule has 0 radical (unpaired) electrons. The molecule has 1 aromatic rings. The van der Waals surface area contributed by atoms with E-state index in [2.05, 4.69) is 15.8 Å². The molecule has 6 heterocycles. The third-order valence-electron chi connectivity index (χ3n) is 7.80. The van der Waals surface area contributed by atoms with E-state index in [0.29, 0.717) is 44.9 Å². The van der Waals surface area contributed by atoms with Crippen molar-refractivity contribution in [2.75, 3.05) is 39.4 Å². The SMILES string of the molecule is O=C(NC1CC2CCC(C1)N2S(=O)(=O)N1CCC2(CNC2)C1)c1cc(C2COC2)on1. The Morgan fingerprint density at radius 3 is 2.55 bits per heavy atom. The lowest BCUT2D eigenvalue weighted by Gasteiger charge is -2.41. The number of rotatable bonds is 5. The van der Waals surface area contributed by atoms with Crippen LogP contribution in [0.1, 0.15) is 54.3 Å². The zero-order valence-electron chi connectivity index (χ0n) is 17.5. The number of hydrogen-bond acceptors (Lipinski definition) is 7. The quantitative estimate of drug-likeness (QED) is 0.650. The molecule has 2 N–H and O–H groups in total. The Labute approximate surface area is 181 Å². The monoisotopic (exact) mass is 451 g/mol. The van der Waals surface area contributed by atoms with Crippen LogP contribution in [-0.4, -0.2) is 85.6 Å². The Morgan fingerprint density at radius 1 is 1.23 bits per heavy atom. The summed E-state index contributed by atoms with van der Waals surface area (Å²) in [4.78, 5) is 12.7. The van der Waals surface area contributed by atoms with E-state index in [1.165, 1.54) is 0 Å². The molecule has 5 aliphatic rings. The van der Waals surface area contributed by atoms with Crippen molar-refractivity contribution in [3.63, 3.8) is 0 Å². The highest BCUT2D eigenvalue weighted by molar-refractivity contribution is 7.86. The average molecular weight is 452 g/mol. The Kier molecular flexibility index (Phi) is 4.70. The predicted octanol–water partition coefficient (Wildman–Crippen LogP) is 0.0537. The van der Waals surface area contributed by atoms with Gasteiger partial charge in [-0.05, 0) is 32.1 Å². The second-order valence-corrected chi connectivity index (χ2v) is 11.7. The lowest BCUT2D eigenvalue weighted by molar-refractivity contribution is -0.00228. The Hall–Kier alpha value is -1.53. The van der Waals surface area contributed by atoms with Crippen molar-refractivity contribution in [1.29, 1.82) is 0 Å². The molecule has 10 nitrogen and oxygen atoms in total. The maximum absolute atomic E-state index is 13.4. The van der Waals surface area contributed by atoms with Crippen LogP contribution in [0.4, 0.5) is 0 Å². The number of amides is 1. The fourth-order valence-electron chi connectivity index (χ4n) is 5.87. The second-order valence-electron chi connectivity index (χ2n) is 9.90. The van der Waals surface area contributed by atoms with Crippen molar-refractivity contribution in [3.05, 3.63) is 17.5 Å². The number of aromatic nitrogens is 1. The molecule has 1 amide bonds. The first-order valence-electron chi connectivity index (χ1n) is 11.3. The lowest BCUT2D eigenvalue weighted by Crippen LogP contribution is -2.58. The third kappa shape index (κ3) is 3.32. The van der Waals surface area contributed by atoms with Gasteiger partial charge in [0.15, 0.2) is 5.69 Å². The number of carbonyl (C=O) groups is 1. The van der Waals surface area contributed by atoms with Gasteiger partial charge in [-0.2, -0.15) is 17.0 Å². The molecule has 6 rings (SSSR count). The number of nitrogens with zero attached hydrogens (tertiary/aromatic N) is 3. The van der Waals surface area contributed by atoms with Gasteiger partial charge in [0.1, 0.15) is 5.76 Å². The fraction of sp³-hybridized carbons (Fsp3) is 0.800. The summed E-state index contributed by atoms with van der Waals surface area (Å²) in [5.41, 5.74) is 0.418. The van der Waals surface area contributed by atoms with E-state index in [1.807, 2.05) is 0 Å². The zero-order chi connectivity index (χ0) is 21.2.